The SMILES string of the molecule is COC(=O)c1cc(C(=O)O)n(CC(C)C)n1. The zero-order valence-electron chi connectivity index (χ0n) is 9.43. The monoisotopic (exact) mass is 226 g/mol. The van der Waals surface area contributed by atoms with Gasteiger partial charge in [0, 0.05) is 12.6 Å². The predicted octanol–water partition coefficient (Wildman–Crippen LogP) is 1.02. The summed E-state index contributed by atoms with van der Waals surface area (Å²) in [5.41, 5.74) is 0.00894. The lowest BCUT2D eigenvalue weighted by atomic mass is 10.2. The smallest absolute Gasteiger partial charge is 0.358 e. The Bertz CT molecular complexity index is 409. The molecule has 1 N–H and O–H groups in total. The summed E-state index contributed by atoms with van der Waals surface area (Å²) >= 11 is 0. The molecule has 0 amide bonds. The fourth-order valence-electron chi connectivity index (χ4n) is 1.28. The van der Waals surface area contributed by atoms with Gasteiger partial charge in [-0.05, 0) is 5.92 Å². The molecule has 0 spiro atoms. The molecule has 0 radical (unpaired) electrons. The van der Waals surface area contributed by atoms with Crippen molar-refractivity contribution in [1.82, 2.24) is 9.78 Å². The van der Waals surface area contributed by atoms with Gasteiger partial charge in [-0.3, -0.25) is 4.68 Å². The number of nitrogens with zero attached hydrogens (tertiary/aromatic N) is 2. The molecule has 1 heterocycles. The summed E-state index contributed by atoms with van der Waals surface area (Å²) < 4.78 is 5.79. The molecule has 1 rings (SSSR count). The van der Waals surface area contributed by atoms with Crippen LogP contribution in [0.15, 0.2) is 6.07 Å². The van der Waals surface area contributed by atoms with E-state index in [4.69, 9.17) is 5.11 Å². The number of carboxylic acids is 1. The average Bonchev–Trinajstić information content (AvgIpc) is 2.59. The van der Waals surface area contributed by atoms with Crippen molar-refractivity contribution in [2.75, 3.05) is 7.11 Å². The minimum atomic E-state index is -1.11. The number of hydrogen-bond acceptors (Lipinski definition) is 4. The highest BCUT2D eigenvalue weighted by Crippen LogP contribution is 2.09. The van der Waals surface area contributed by atoms with Crippen molar-refractivity contribution in [2.45, 2.75) is 20.4 Å². The van der Waals surface area contributed by atoms with Crippen molar-refractivity contribution in [3.05, 3.63) is 17.5 Å². The Morgan fingerprint density at radius 2 is 2.19 bits per heavy atom. The highest BCUT2D eigenvalue weighted by Gasteiger charge is 2.19. The first-order valence-electron chi connectivity index (χ1n) is 4.85. The summed E-state index contributed by atoms with van der Waals surface area (Å²) in [6, 6.07) is 1.22. The van der Waals surface area contributed by atoms with E-state index in [2.05, 4.69) is 9.84 Å². The Kier molecular flexibility index (Phi) is 3.65. The first-order valence-corrected chi connectivity index (χ1v) is 4.85. The lowest BCUT2D eigenvalue weighted by Gasteiger charge is -2.06. The summed E-state index contributed by atoms with van der Waals surface area (Å²) in [4.78, 5) is 22.1. The minimum Gasteiger partial charge on any atom is -0.477 e. The second-order valence-corrected chi connectivity index (χ2v) is 3.79. The summed E-state index contributed by atoms with van der Waals surface area (Å²) in [7, 11) is 1.23. The molecule has 0 bridgehead atoms. The highest BCUT2D eigenvalue weighted by molar-refractivity contribution is 5.92. The second kappa shape index (κ2) is 4.78. The van der Waals surface area contributed by atoms with Crippen LogP contribution in [0.5, 0.6) is 0 Å². The van der Waals surface area contributed by atoms with Gasteiger partial charge in [0.2, 0.25) is 0 Å². The molecule has 6 heteroatoms. The molecule has 88 valence electrons. The molecule has 0 saturated heterocycles. The number of rotatable bonds is 4. The molecule has 6 nitrogen and oxygen atoms in total. The minimum absolute atomic E-state index is 0.00546. The second-order valence-electron chi connectivity index (χ2n) is 3.79. The third kappa shape index (κ3) is 2.59. The van der Waals surface area contributed by atoms with E-state index >= 15 is 0 Å². The van der Waals surface area contributed by atoms with E-state index in [9.17, 15) is 9.59 Å². The number of ether oxygens (including phenoxy) is 1. The Hall–Kier alpha value is -1.85. The van der Waals surface area contributed by atoms with E-state index in [0.717, 1.165) is 0 Å². The molecule has 0 aliphatic carbocycles. The summed E-state index contributed by atoms with van der Waals surface area (Å²) in [6.45, 7) is 4.31. The van der Waals surface area contributed by atoms with Crippen molar-refractivity contribution in [3.63, 3.8) is 0 Å². The molecule has 0 fully saturated rings. The van der Waals surface area contributed by atoms with Crippen molar-refractivity contribution >= 4 is 11.9 Å². The normalized spacial score (nSPS) is 10.5. The average molecular weight is 226 g/mol. The molecule has 1 aromatic rings. The van der Waals surface area contributed by atoms with E-state index < -0.39 is 11.9 Å². The van der Waals surface area contributed by atoms with Crippen LogP contribution in [0.2, 0.25) is 0 Å². The Morgan fingerprint density at radius 1 is 1.56 bits per heavy atom. The standard InChI is InChI=1S/C10H14N2O4/c1-6(2)5-12-8(9(13)14)4-7(11-12)10(15)16-3/h4,6H,5H2,1-3H3,(H,13,14). The summed E-state index contributed by atoms with van der Waals surface area (Å²) in [5.74, 6) is -1.50. The molecule has 0 aromatic carbocycles. The van der Waals surface area contributed by atoms with Gasteiger partial charge in [0.25, 0.3) is 0 Å². The largest absolute Gasteiger partial charge is 0.477 e. The van der Waals surface area contributed by atoms with Gasteiger partial charge in [-0.2, -0.15) is 5.10 Å². The Balaban J connectivity index is 3.09. The quantitative estimate of drug-likeness (QED) is 0.775. The van der Waals surface area contributed by atoms with Gasteiger partial charge in [-0.1, -0.05) is 13.8 Å². The van der Waals surface area contributed by atoms with Crippen molar-refractivity contribution in [3.8, 4) is 0 Å². The van der Waals surface area contributed by atoms with Crippen LogP contribution in [0, 0.1) is 5.92 Å². The fraction of sp³-hybridized carbons (Fsp3) is 0.500. The molecule has 0 saturated carbocycles. The van der Waals surface area contributed by atoms with Gasteiger partial charge >= 0.3 is 11.9 Å². The molecule has 0 aliphatic rings. The molecule has 16 heavy (non-hydrogen) atoms. The van der Waals surface area contributed by atoms with Crippen LogP contribution < -0.4 is 0 Å². The van der Waals surface area contributed by atoms with Crippen molar-refractivity contribution < 1.29 is 19.4 Å². The number of aromatic nitrogens is 2. The summed E-state index contributed by atoms with van der Waals surface area (Å²) in [6.07, 6.45) is 0. The van der Waals surface area contributed by atoms with Crippen LogP contribution in [0.1, 0.15) is 34.8 Å². The van der Waals surface area contributed by atoms with Crippen LogP contribution >= 0.6 is 0 Å². The fourth-order valence-corrected chi connectivity index (χ4v) is 1.28. The zero-order chi connectivity index (χ0) is 12.3. The predicted molar refractivity (Wildman–Crippen MR) is 55.4 cm³/mol. The van der Waals surface area contributed by atoms with Crippen LogP contribution in [0.3, 0.4) is 0 Å². The first kappa shape index (κ1) is 12.2. The van der Waals surface area contributed by atoms with Gasteiger partial charge < -0.3 is 9.84 Å². The molecule has 0 unspecified atom stereocenters. The van der Waals surface area contributed by atoms with Crippen molar-refractivity contribution in [2.24, 2.45) is 5.92 Å². The maximum Gasteiger partial charge on any atom is 0.358 e. The lowest BCUT2D eigenvalue weighted by molar-refractivity contribution is 0.0591. The molecule has 0 aliphatic heterocycles. The summed E-state index contributed by atoms with van der Waals surface area (Å²) in [5, 5.41) is 12.8. The van der Waals surface area contributed by atoms with Gasteiger partial charge in [0.1, 0.15) is 5.69 Å². The maximum atomic E-state index is 11.2. The van der Waals surface area contributed by atoms with Crippen LogP contribution in [0.4, 0.5) is 0 Å². The van der Waals surface area contributed by atoms with Crippen LogP contribution in [-0.2, 0) is 11.3 Å². The van der Waals surface area contributed by atoms with E-state index in [1.807, 2.05) is 13.8 Å². The van der Waals surface area contributed by atoms with Gasteiger partial charge in [-0.15, -0.1) is 0 Å². The van der Waals surface area contributed by atoms with E-state index in [1.165, 1.54) is 17.9 Å². The van der Waals surface area contributed by atoms with E-state index in [-0.39, 0.29) is 17.3 Å². The molecular weight excluding hydrogens is 212 g/mol. The molecule has 0 atom stereocenters. The highest BCUT2D eigenvalue weighted by atomic mass is 16.5. The number of carbonyl (C=O) groups excluding carboxylic acids is 1. The van der Waals surface area contributed by atoms with Crippen LogP contribution in [-0.4, -0.2) is 33.9 Å². The lowest BCUT2D eigenvalue weighted by Crippen LogP contribution is -2.13. The number of esters is 1. The van der Waals surface area contributed by atoms with Crippen molar-refractivity contribution in [1.29, 1.82) is 0 Å². The molecular formula is C10H14N2O4. The Labute approximate surface area is 92.8 Å². The van der Waals surface area contributed by atoms with Gasteiger partial charge in [0.05, 0.1) is 7.11 Å². The first-order chi connectivity index (χ1) is 7.45. The van der Waals surface area contributed by atoms with E-state index in [0.29, 0.717) is 6.54 Å². The number of aromatic carboxylic acids is 1. The maximum absolute atomic E-state index is 11.2. The van der Waals surface area contributed by atoms with E-state index in [1.54, 1.807) is 0 Å². The third-order valence-corrected chi connectivity index (χ3v) is 1.93. The van der Waals surface area contributed by atoms with Gasteiger partial charge in [-0.25, -0.2) is 9.59 Å². The van der Waals surface area contributed by atoms with Crippen LogP contribution in [0.25, 0.3) is 0 Å². The Morgan fingerprint density at radius 3 is 2.62 bits per heavy atom. The number of hydrogen-bond donors (Lipinski definition) is 1. The number of methoxy groups -OCH3 is 1. The zero-order valence-corrected chi connectivity index (χ0v) is 9.43. The number of carbonyl (C=O) groups is 2. The number of carboxylic acid groups (broad SMARTS) is 1. The third-order valence-electron chi connectivity index (χ3n) is 1.93. The van der Waals surface area contributed by atoms with Gasteiger partial charge in [0.15, 0.2) is 5.69 Å². The molecule has 1 aromatic heterocycles. The topological polar surface area (TPSA) is 81.4 Å².